The van der Waals surface area contributed by atoms with Gasteiger partial charge >= 0.3 is 0 Å². The maximum atomic E-state index is 12.1. The van der Waals surface area contributed by atoms with Gasteiger partial charge < -0.3 is 0 Å². The number of hydrogen-bond acceptors (Lipinski definition) is 1. The molecule has 0 aromatic rings. The molecule has 0 saturated heterocycles. The lowest BCUT2D eigenvalue weighted by Gasteiger charge is -2.01. The zero-order valence-electron chi connectivity index (χ0n) is 9.41. The first-order chi connectivity index (χ1) is 8.15. The van der Waals surface area contributed by atoms with Crippen LogP contribution in [0.25, 0.3) is 11.1 Å². The van der Waals surface area contributed by atoms with Crippen molar-refractivity contribution in [2.24, 2.45) is 0 Å². The van der Waals surface area contributed by atoms with Crippen molar-refractivity contribution >= 4 is 37.6 Å². The maximum absolute atomic E-state index is 12.1. The van der Waals surface area contributed by atoms with E-state index >= 15 is 0 Å². The minimum atomic E-state index is -0.323. The van der Waals surface area contributed by atoms with E-state index in [4.69, 9.17) is 0 Å². The van der Waals surface area contributed by atoms with E-state index in [-0.39, 0.29) is 9.52 Å². The van der Waals surface area contributed by atoms with Gasteiger partial charge in [-0.25, -0.2) is 0 Å². The summed E-state index contributed by atoms with van der Waals surface area (Å²) in [5, 5.41) is 0. The van der Waals surface area contributed by atoms with E-state index in [1.807, 2.05) is 30.3 Å². The molecule has 2 aliphatic rings. The monoisotopic (exact) mass is 354 g/mol. The second kappa shape index (κ2) is 5.32. The number of alkyl halides is 2. The largest absolute Gasteiger partial charge is 0.292 e. The third-order valence-corrected chi connectivity index (χ3v) is 3.67. The molecule has 0 aromatic heterocycles. The number of rotatable bonds is 3. The highest BCUT2D eigenvalue weighted by Crippen LogP contribution is 2.34. The average Bonchev–Trinajstić information content (AvgIpc) is 2.50. The van der Waals surface area contributed by atoms with E-state index in [1.54, 1.807) is 0 Å². The molecule has 0 saturated carbocycles. The van der Waals surface area contributed by atoms with Crippen LogP contribution in [-0.2, 0) is 6.42 Å². The van der Waals surface area contributed by atoms with E-state index in [0.29, 0.717) is 0 Å². The van der Waals surface area contributed by atoms with Gasteiger partial charge in [-0.3, -0.25) is 4.79 Å². The number of hydrogen-bond donors (Lipinski definition) is 0. The van der Waals surface area contributed by atoms with Crippen LogP contribution in [0.5, 0.6) is 0 Å². The first-order valence-electron chi connectivity index (χ1n) is 5.48. The Bertz CT molecular complexity index is 520. The number of halogens is 2. The van der Waals surface area contributed by atoms with Crippen LogP contribution in [-0.4, -0.2) is 9.52 Å². The summed E-state index contributed by atoms with van der Waals surface area (Å²) in [6.45, 7) is 2.11. The summed E-state index contributed by atoms with van der Waals surface area (Å²) in [6.07, 6.45) is 0.934. The minimum Gasteiger partial charge on any atom is -0.292 e. The van der Waals surface area contributed by atoms with Crippen LogP contribution in [0.2, 0.25) is 0 Å². The zero-order chi connectivity index (χ0) is 12.4. The fourth-order valence-electron chi connectivity index (χ4n) is 2.01. The summed E-state index contributed by atoms with van der Waals surface area (Å²) < 4.78 is -0.323. The Kier molecular flexibility index (Phi) is 4.00. The molecule has 1 nitrogen and oxygen atoms in total. The fourth-order valence-corrected chi connectivity index (χ4v) is 2.50. The second-order valence-electron chi connectivity index (χ2n) is 3.84. The van der Waals surface area contributed by atoms with E-state index < -0.39 is 0 Å². The first kappa shape index (κ1) is 12.8. The van der Waals surface area contributed by atoms with Crippen molar-refractivity contribution in [2.75, 3.05) is 0 Å². The number of carbonyl (C=O) groups is 1. The summed E-state index contributed by atoms with van der Waals surface area (Å²) in [5.74, 6) is 0.0703. The molecule has 0 aromatic carbocycles. The highest BCUT2D eigenvalue weighted by Gasteiger charge is 2.22. The molecule has 0 bridgehead atoms. The van der Waals surface area contributed by atoms with Gasteiger partial charge in [0.15, 0.2) is 5.78 Å². The molecule has 0 N–H and O–H groups in total. The third-order valence-electron chi connectivity index (χ3n) is 2.84. The molecule has 17 heavy (non-hydrogen) atoms. The molecule has 0 fully saturated rings. The standard InChI is InChI=1S/C14H12Br2O/c1-2-9-8-12(13(17)14(15)16)11-7-5-3-4-6-10(9)11/h3-8,14H,2H2,1H3. The molecule has 0 spiro atoms. The Hall–Kier alpha value is -0.670. The Morgan fingerprint density at radius 3 is 2.41 bits per heavy atom. The minimum absolute atomic E-state index is 0.0703. The zero-order valence-corrected chi connectivity index (χ0v) is 12.6. The normalized spacial score (nSPS) is 11.1. The highest BCUT2D eigenvalue weighted by atomic mass is 79.9. The van der Waals surface area contributed by atoms with Crippen LogP contribution in [0.1, 0.15) is 22.8 Å². The van der Waals surface area contributed by atoms with Crippen LogP contribution in [0.15, 0.2) is 36.4 Å². The lowest BCUT2D eigenvalue weighted by atomic mass is 10.1. The maximum Gasteiger partial charge on any atom is 0.187 e. The van der Waals surface area contributed by atoms with Gasteiger partial charge in [-0.1, -0.05) is 69.1 Å². The molecule has 88 valence electrons. The molecule has 0 aliphatic heterocycles. The number of Topliss-reactive ketones (excluding diaryl/α,β-unsaturated/α-hetero) is 1. The van der Waals surface area contributed by atoms with Crippen molar-refractivity contribution in [1.82, 2.24) is 0 Å². The topological polar surface area (TPSA) is 17.1 Å². The van der Waals surface area contributed by atoms with Gasteiger partial charge in [0.05, 0.1) is 0 Å². The van der Waals surface area contributed by atoms with E-state index in [0.717, 1.165) is 17.5 Å². The van der Waals surface area contributed by atoms with Gasteiger partial charge in [-0.05, 0) is 29.2 Å². The van der Waals surface area contributed by atoms with Crippen molar-refractivity contribution in [3.05, 3.63) is 47.5 Å². The number of ketones is 1. The van der Waals surface area contributed by atoms with Gasteiger partial charge in [0.2, 0.25) is 0 Å². The Labute approximate surface area is 118 Å². The van der Waals surface area contributed by atoms with Crippen molar-refractivity contribution in [3.63, 3.8) is 0 Å². The molecule has 0 radical (unpaired) electrons. The van der Waals surface area contributed by atoms with Crippen LogP contribution in [0.4, 0.5) is 0 Å². The smallest absolute Gasteiger partial charge is 0.187 e. The summed E-state index contributed by atoms with van der Waals surface area (Å²) in [5.41, 5.74) is 4.20. The molecule has 2 aliphatic carbocycles. The molecule has 0 unspecified atom stereocenters. The van der Waals surface area contributed by atoms with Crippen molar-refractivity contribution in [3.8, 4) is 11.1 Å². The van der Waals surface area contributed by atoms with Gasteiger partial charge in [0.1, 0.15) is 3.74 Å². The van der Waals surface area contributed by atoms with E-state index in [9.17, 15) is 4.79 Å². The molecular weight excluding hydrogens is 344 g/mol. The van der Waals surface area contributed by atoms with Gasteiger partial charge in [-0.15, -0.1) is 0 Å². The molecule has 0 amide bonds. The van der Waals surface area contributed by atoms with Crippen molar-refractivity contribution in [2.45, 2.75) is 17.1 Å². The van der Waals surface area contributed by atoms with Gasteiger partial charge in [-0.2, -0.15) is 0 Å². The number of aryl methyl sites for hydroxylation is 1. The SMILES string of the molecule is CCc1cc(C(=O)C(Br)Br)c2cccccc1-2. The van der Waals surface area contributed by atoms with Gasteiger partial charge in [0, 0.05) is 5.56 Å². The van der Waals surface area contributed by atoms with E-state index in [2.05, 4.69) is 44.8 Å². The highest BCUT2D eigenvalue weighted by molar-refractivity contribution is 9.25. The van der Waals surface area contributed by atoms with Crippen molar-refractivity contribution in [1.29, 1.82) is 0 Å². The third kappa shape index (κ3) is 2.45. The summed E-state index contributed by atoms with van der Waals surface area (Å²) >= 11 is 6.54. The van der Waals surface area contributed by atoms with E-state index in [1.165, 1.54) is 11.1 Å². The van der Waals surface area contributed by atoms with Crippen LogP contribution in [0, 0.1) is 0 Å². The average molecular weight is 356 g/mol. The fraction of sp³-hybridized carbons (Fsp3) is 0.214. The molecular formula is C14H12Br2O. The molecule has 0 atom stereocenters. The Balaban J connectivity index is 2.64. The Morgan fingerprint density at radius 1 is 1.18 bits per heavy atom. The lowest BCUT2D eigenvalue weighted by molar-refractivity contribution is 0.101. The number of carbonyl (C=O) groups excluding carboxylic acids is 1. The lowest BCUT2D eigenvalue weighted by Crippen LogP contribution is -2.06. The van der Waals surface area contributed by atoms with Crippen LogP contribution < -0.4 is 0 Å². The Morgan fingerprint density at radius 2 is 1.82 bits per heavy atom. The first-order valence-corrected chi connectivity index (χ1v) is 7.31. The molecule has 2 rings (SSSR count). The number of fused-ring (bicyclic) bond motifs is 1. The van der Waals surface area contributed by atoms with Crippen LogP contribution in [0.3, 0.4) is 0 Å². The summed E-state index contributed by atoms with van der Waals surface area (Å²) in [4.78, 5) is 12.1. The summed E-state index contributed by atoms with van der Waals surface area (Å²) in [6, 6.07) is 12.0. The quantitative estimate of drug-likeness (QED) is 0.578. The van der Waals surface area contributed by atoms with Crippen LogP contribution >= 0.6 is 31.9 Å². The van der Waals surface area contributed by atoms with Gasteiger partial charge in [0.25, 0.3) is 0 Å². The predicted molar refractivity (Wildman–Crippen MR) is 78.4 cm³/mol. The predicted octanol–water partition coefficient (Wildman–Crippen LogP) is 4.65. The second-order valence-corrected chi connectivity index (χ2v) is 6.90. The summed E-state index contributed by atoms with van der Waals surface area (Å²) in [7, 11) is 0. The van der Waals surface area contributed by atoms with Crippen molar-refractivity contribution < 1.29 is 4.79 Å². The molecule has 0 heterocycles. The molecule has 3 heteroatoms.